The summed E-state index contributed by atoms with van der Waals surface area (Å²) >= 11 is 0. The van der Waals surface area contributed by atoms with E-state index in [0.29, 0.717) is 11.3 Å². The van der Waals surface area contributed by atoms with Gasteiger partial charge >= 0.3 is 5.69 Å². The van der Waals surface area contributed by atoms with Gasteiger partial charge in [-0.3, -0.25) is 19.6 Å². The van der Waals surface area contributed by atoms with Crippen molar-refractivity contribution in [3.05, 3.63) is 57.1 Å². The fraction of sp³-hybridized carbons (Fsp3) is 0.286. The fourth-order valence-corrected chi connectivity index (χ4v) is 2.18. The van der Waals surface area contributed by atoms with Gasteiger partial charge in [0.15, 0.2) is 5.78 Å². The Labute approximate surface area is 120 Å². The molecule has 0 aliphatic rings. The molecule has 0 unspecified atom stereocenters. The van der Waals surface area contributed by atoms with Crippen LogP contribution in [-0.2, 0) is 17.8 Å². The van der Waals surface area contributed by atoms with E-state index in [1.807, 2.05) is 0 Å². The molecule has 7 heteroatoms. The predicted octanol–water partition coefficient (Wildman–Crippen LogP) is 2.36. The van der Waals surface area contributed by atoms with Crippen LogP contribution in [0.3, 0.4) is 0 Å². The van der Waals surface area contributed by atoms with Crippen molar-refractivity contribution in [2.45, 2.75) is 26.8 Å². The highest BCUT2D eigenvalue weighted by atomic mass is 19.1. The highest BCUT2D eigenvalue weighted by molar-refractivity contribution is 5.80. The van der Waals surface area contributed by atoms with Crippen molar-refractivity contribution in [1.82, 2.24) is 9.78 Å². The molecule has 1 heterocycles. The van der Waals surface area contributed by atoms with Gasteiger partial charge in [-0.1, -0.05) is 18.2 Å². The summed E-state index contributed by atoms with van der Waals surface area (Å²) in [4.78, 5) is 22.4. The summed E-state index contributed by atoms with van der Waals surface area (Å²) in [5.41, 5.74) is 0.794. The zero-order chi connectivity index (χ0) is 15.6. The summed E-state index contributed by atoms with van der Waals surface area (Å²) in [6, 6.07) is 6.03. The molecule has 0 N–H and O–H groups in total. The lowest BCUT2D eigenvalue weighted by Gasteiger charge is -2.04. The van der Waals surface area contributed by atoms with E-state index in [9.17, 15) is 19.3 Å². The van der Waals surface area contributed by atoms with Crippen LogP contribution >= 0.6 is 0 Å². The van der Waals surface area contributed by atoms with Gasteiger partial charge < -0.3 is 0 Å². The number of carbonyl (C=O) groups is 1. The summed E-state index contributed by atoms with van der Waals surface area (Å²) in [5, 5.41) is 14.9. The molecule has 0 bridgehead atoms. The monoisotopic (exact) mass is 291 g/mol. The SMILES string of the molecule is Cc1nn(CC(=O)Cc2ccccc2F)c(C)c1[N+](=O)[O-]. The lowest BCUT2D eigenvalue weighted by molar-refractivity contribution is -0.386. The third-order valence-corrected chi connectivity index (χ3v) is 3.20. The van der Waals surface area contributed by atoms with E-state index in [0.717, 1.165) is 0 Å². The van der Waals surface area contributed by atoms with E-state index < -0.39 is 10.7 Å². The number of carbonyl (C=O) groups excluding carboxylic acids is 1. The van der Waals surface area contributed by atoms with Crippen molar-refractivity contribution in [3.8, 4) is 0 Å². The van der Waals surface area contributed by atoms with E-state index >= 15 is 0 Å². The topological polar surface area (TPSA) is 78.0 Å². The van der Waals surface area contributed by atoms with Crippen molar-refractivity contribution >= 4 is 11.5 Å². The summed E-state index contributed by atoms with van der Waals surface area (Å²) in [7, 11) is 0. The van der Waals surface area contributed by atoms with Crippen molar-refractivity contribution in [2.24, 2.45) is 0 Å². The van der Waals surface area contributed by atoms with Crippen LogP contribution in [0.4, 0.5) is 10.1 Å². The number of halogens is 1. The van der Waals surface area contributed by atoms with Crippen molar-refractivity contribution in [1.29, 1.82) is 0 Å². The first-order valence-electron chi connectivity index (χ1n) is 6.33. The molecule has 0 spiro atoms. The van der Waals surface area contributed by atoms with Crippen LogP contribution in [0.25, 0.3) is 0 Å². The molecular formula is C14H14FN3O3. The highest BCUT2D eigenvalue weighted by Gasteiger charge is 2.22. The first kappa shape index (κ1) is 14.8. The van der Waals surface area contributed by atoms with Crippen LogP contribution in [0.5, 0.6) is 0 Å². The average Bonchev–Trinajstić information content (AvgIpc) is 2.67. The molecule has 0 saturated heterocycles. The van der Waals surface area contributed by atoms with E-state index in [1.54, 1.807) is 12.1 Å². The first-order chi connectivity index (χ1) is 9.90. The van der Waals surface area contributed by atoms with Crippen LogP contribution < -0.4 is 0 Å². The molecule has 21 heavy (non-hydrogen) atoms. The van der Waals surface area contributed by atoms with Gasteiger partial charge in [-0.05, 0) is 25.5 Å². The van der Waals surface area contributed by atoms with Gasteiger partial charge in [-0.15, -0.1) is 0 Å². The number of nitrogens with zero attached hydrogens (tertiary/aromatic N) is 3. The minimum absolute atomic E-state index is 0.0706. The van der Waals surface area contributed by atoms with Gasteiger partial charge in [-0.2, -0.15) is 5.10 Å². The predicted molar refractivity (Wildman–Crippen MR) is 73.5 cm³/mol. The molecule has 6 nitrogen and oxygen atoms in total. The average molecular weight is 291 g/mol. The largest absolute Gasteiger partial charge is 0.312 e. The van der Waals surface area contributed by atoms with Gasteiger partial charge in [0.25, 0.3) is 0 Å². The number of ketones is 1. The maximum atomic E-state index is 13.5. The minimum Gasteiger partial charge on any atom is -0.297 e. The van der Waals surface area contributed by atoms with Gasteiger partial charge in [0.05, 0.1) is 4.92 Å². The number of aryl methyl sites for hydroxylation is 1. The van der Waals surface area contributed by atoms with E-state index in [4.69, 9.17) is 0 Å². The van der Waals surface area contributed by atoms with Gasteiger partial charge in [-0.25, -0.2) is 4.39 Å². The summed E-state index contributed by atoms with van der Waals surface area (Å²) in [6.07, 6.45) is -0.0706. The van der Waals surface area contributed by atoms with E-state index in [1.165, 1.54) is 30.7 Å². The van der Waals surface area contributed by atoms with Crippen molar-refractivity contribution < 1.29 is 14.1 Å². The van der Waals surface area contributed by atoms with Crippen LogP contribution in [0.1, 0.15) is 17.0 Å². The highest BCUT2D eigenvalue weighted by Crippen LogP contribution is 2.21. The first-order valence-corrected chi connectivity index (χ1v) is 6.33. The minimum atomic E-state index is -0.518. The molecule has 2 aromatic rings. The second kappa shape index (κ2) is 5.82. The maximum Gasteiger partial charge on any atom is 0.312 e. The number of hydrogen-bond acceptors (Lipinski definition) is 4. The summed E-state index contributed by atoms with van der Waals surface area (Å²) in [6.45, 7) is 2.94. The number of benzene rings is 1. The Morgan fingerprint density at radius 2 is 2.05 bits per heavy atom. The molecule has 0 amide bonds. The summed E-state index contributed by atoms with van der Waals surface area (Å²) < 4.78 is 14.8. The molecule has 110 valence electrons. The maximum absolute atomic E-state index is 13.5. The van der Waals surface area contributed by atoms with Crippen LogP contribution in [0, 0.1) is 29.8 Å². The Hall–Kier alpha value is -2.57. The van der Waals surface area contributed by atoms with Gasteiger partial charge in [0.1, 0.15) is 23.7 Å². The molecule has 0 atom stereocenters. The Morgan fingerprint density at radius 3 is 2.62 bits per heavy atom. The molecule has 0 aliphatic heterocycles. The van der Waals surface area contributed by atoms with Crippen LogP contribution in [0.2, 0.25) is 0 Å². The van der Waals surface area contributed by atoms with Crippen LogP contribution in [-0.4, -0.2) is 20.5 Å². The van der Waals surface area contributed by atoms with Crippen molar-refractivity contribution in [3.63, 3.8) is 0 Å². The van der Waals surface area contributed by atoms with Crippen molar-refractivity contribution in [2.75, 3.05) is 0 Å². The Morgan fingerprint density at radius 1 is 1.38 bits per heavy atom. The third-order valence-electron chi connectivity index (χ3n) is 3.20. The molecule has 0 aliphatic carbocycles. The summed E-state index contributed by atoms with van der Waals surface area (Å²) in [5.74, 6) is -0.703. The Kier molecular flexibility index (Phi) is 4.11. The molecular weight excluding hydrogens is 277 g/mol. The number of Topliss-reactive ketones (excluding diaryl/α,β-unsaturated/α-hetero) is 1. The Balaban J connectivity index is 2.16. The lowest BCUT2D eigenvalue weighted by Crippen LogP contribution is -2.15. The number of nitro groups is 1. The number of aromatic nitrogens is 2. The molecule has 1 aromatic heterocycles. The third kappa shape index (κ3) is 3.13. The smallest absolute Gasteiger partial charge is 0.297 e. The van der Waals surface area contributed by atoms with Crippen LogP contribution in [0.15, 0.2) is 24.3 Å². The number of hydrogen-bond donors (Lipinski definition) is 0. The van der Waals surface area contributed by atoms with E-state index in [2.05, 4.69) is 5.10 Å². The molecule has 0 radical (unpaired) electrons. The fourth-order valence-electron chi connectivity index (χ4n) is 2.18. The molecule has 0 saturated carbocycles. The lowest BCUT2D eigenvalue weighted by atomic mass is 10.1. The normalized spacial score (nSPS) is 10.6. The van der Waals surface area contributed by atoms with Gasteiger partial charge in [0.2, 0.25) is 0 Å². The molecule has 2 rings (SSSR count). The second-order valence-electron chi connectivity index (χ2n) is 4.74. The molecule has 0 fully saturated rings. The second-order valence-corrected chi connectivity index (χ2v) is 4.74. The quantitative estimate of drug-likeness (QED) is 0.625. The standard InChI is InChI=1S/C14H14FN3O3/c1-9-14(18(20)21)10(2)17(16-9)8-12(19)7-11-5-3-4-6-13(11)15/h3-6H,7-8H2,1-2H3. The molecule has 1 aromatic carbocycles. The van der Waals surface area contributed by atoms with E-state index in [-0.39, 0.29) is 30.1 Å². The number of rotatable bonds is 5. The zero-order valence-corrected chi connectivity index (χ0v) is 11.7. The van der Waals surface area contributed by atoms with Gasteiger partial charge in [0, 0.05) is 6.42 Å². The zero-order valence-electron chi connectivity index (χ0n) is 11.7. The Bertz CT molecular complexity index is 709.